The Bertz CT molecular complexity index is 309. The summed E-state index contributed by atoms with van der Waals surface area (Å²) in [5.74, 6) is 0. The first-order chi connectivity index (χ1) is 7.33. The molecule has 0 atom stereocenters. The van der Waals surface area contributed by atoms with Crippen LogP contribution in [0.5, 0.6) is 0 Å². The van der Waals surface area contributed by atoms with Gasteiger partial charge in [-0.2, -0.15) is 0 Å². The molecule has 0 radical (unpaired) electrons. The molecular formula is C15H28N2. The van der Waals surface area contributed by atoms with Gasteiger partial charge >= 0.3 is 0 Å². The number of hydrogen-bond donors (Lipinski definition) is 2. The molecule has 0 aliphatic heterocycles. The normalized spacial score (nSPS) is 12.1. The van der Waals surface area contributed by atoms with Crippen LogP contribution in [0.1, 0.15) is 40.2 Å². The Hall–Kier alpha value is -0.860. The van der Waals surface area contributed by atoms with Crippen molar-refractivity contribution >= 4 is 0 Å². The molecule has 98 valence electrons. The third kappa shape index (κ3) is 4.88. The van der Waals surface area contributed by atoms with Gasteiger partial charge in [0.1, 0.15) is 0 Å². The Labute approximate surface area is 106 Å². The highest BCUT2D eigenvalue weighted by Crippen LogP contribution is 2.36. The summed E-state index contributed by atoms with van der Waals surface area (Å²) in [5, 5.41) is 3.55. The van der Waals surface area contributed by atoms with Crippen LogP contribution in [0.3, 0.4) is 0 Å². The Morgan fingerprint density at radius 1 is 0.941 bits per heavy atom. The number of rotatable bonds is 4. The first kappa shape index (κ1) is 16.1. The highest BCUT2D eigenvalue weighted by atomic mass is 14.9. The molecule has 0 amide bonds. The second kappa shape index (κ2) is 6.18. The Morgan fingerprint density at radius 2 is 1.47 bits per heavy atom. The van der Waals surface area contributed by atoms with Gasteiger partial charge in [-0.15, -0.1) is 0 Å². The summed E-state index contributed by atoms with van der Waals surface area (Å²) in [4.78, 5) is 0. The second-order valence-corrected chi connectivity index (χ2v) is 6.22. The number of benzene rings is 1. The third-order valence-electron chi connectivity index (χ3n) is 3.77. The quantitative estimate of drug-likeness (QED) is 0.829. The van der Waals surface area contributed by atoms with E-state index < -0.39 is 0 Å². The maximum absolute atomic E-state index is 3.55. The molecule has 1 aromatic carbocycles. The van der Waals surface area contributed by atoms with E-state index in [4.69, 9.17) is 0 Å². The van der Waals surface area contributed by atoms with Crippen LogP contribution in [0.4, 0.5) is 0 Å². The lowest BCUT2D eigenvalue weighted by atomic mass is 9.69. The number of hydrogen-bond acceptors (Lipinski definition) is 2. The molecular weight excluding hydrogens is 208 g/mol. The Balaban J connectivity index is 0.00000256. The first-order valence-corrected chi connectivity index (χ1v) is 6.07. The standard InChI is InChI=1S/C15H25N.H3N/c1-14(2,3)15(4,5)12-16-11-13-9-7-6-8-10-13;/h6-10,16H,11-12H2,1-5H3;1H3. The topological polar surface area (TPSA) is 47.0 Å². The molecule has 0 saturated heterocycles. The average molecular weight is 236 g/mol. The van der Waals surface area contributed by atoms with Gasteiger partial charge in [0.15, 0.2) is 0 Å². The Kier molecular flexibility index (Phi) is 5.86. The summed E-state index contributed by atoms with van der Waals surface area (Å²) in [6.45, 7) is 13.6. The van der Waals surface area contributed by atoms with Gasteiger partial charge in [-0.25, -0.2) is 0 Å². The zero-order valence-electron chi connectivity index (χ0n) is 12.0. The molecule has 0 fully saturated rings. The maximum atomic E-state index is 3.55. The van der Waals surface area contributed by atoms with Crippen LogP contribution in [0, 0.1) is 10.8 Å². The molecule has 2 nitrogen and oxygen atoms in total. The summed E-state index contributed by atoms with van der Waals surface area (Å²) in [5.41, 5.74) is 1.99. The second-order valence-electron chi connectivity index (χ2n) is 6.22. The average Bonchev–Trinajstić information content (AvgIpc) is 2.17. The molecule has 0 unspecified atom stereocenters. The van der Waals surface area contributed by atoms with Gasteiger partial charge in [-0.1, -0.05) is 65.0 Å². The minimum absolute atomic E-state index is 0. The van der Waals surface area contributed by atoms with Crippen LogP contribution < -0.4 is 11.5 Å². The molecule has 0 aliphatic carbocycles. The zero-order chi connectivity index (χ0) is 12.2. The van der Waals surface area contributed by atoms with E-state index in [1.165, 1.54) is 5.56 Å². The molecule has 0 bridgehead atoms. The van der Waals surface area contributed by atoms with Crippen molar-refractivity contribution in [2.24, 2.45) is 10.8 Å². The van der Waals surface area contributed by atoms with Crippen molar-refractivity contribution in [3.05, 3.63) is 35.9 Å². The molecule has 2 heteroatoms. The highest BCUT2D eigenvalue weighted by molar-refractivity contribution is 5.14. The van der Waals surface area contributed by atoms with Crippen molar-refractivity contribution < 1.29 is 0 Å². The van der Waals surface area contributed by atoms with Crippen LogP contribution in [0.25, 0.3) is 0 Å². The van der Waals surface area contributed by atoms with Crippen LogP contribution in [0.2, 0.25) is 0 Å². The van der Waals surface area contributed by atoms with Crippen LogP contribution >= 0.6 is 0 Å². The van der Waals surface area contributed by atoms with E-state index in [1.807, 2.05) is 0 Å². The van der Waals surface area contributed by atoms with Crippen molar-refractivity contribution in [3.8, 4) is 0 Å². The van der Waals surface area contributed by atoms with Crippen LogP contribution in [-0.4, -0.2) is 6.54 Å². The smallest absolute Gasteiger partial charge is 0.0205 e. The summed E-state index contributed by atoms with van der Waals surface area (Å²) < 4.78 is 0. The fraction of sp³-hybridized carbons (Fsp3) is 0.600. The lowest BCUT2D eigenvalue weighted by Crippen LogP contribution is -2.39. The van der Waals surface area contributed by atoms with E-state index in [0.29, 0.717) is 10.8 Å². The van der Waals surface area contributed by atoms with E-state index in [9.17, 15) is 0 Å². The van der Waals surface area contributed by atoms with Gasteiger partial charge in [-0.05, 0) is 16.4 Å². The lowest BCUT2D eigenvalue weighted by molar-refractivity contribution is 0.129. The van der Waals surface area contributed by atoms with E-state index >= 15 is 0 Å². The first-order valence-electron chi connectivity index (χ1n) is 6.07. The molecule has 1 aromatic rings. The van der Waals surface area contributed by atoms with E-state index in [0.717, 1.165) is 13.1 Å². The molecule has 0 heterocycles. The van der Waals surface area contributed by atoms with Gasteiger partial charge in [-0.3, -0.25) is 0 Å². The summed E-state index contributed by atoms with van der Waals surface area (Å²) >= 11 is 0. The van der Waals surface area contributed by atoms with Crippen molar-refractivity contribution in [1.82, 2.24) is 11.5 Å². The van der Waals surface area contributed by atoms with Crippen LogP contribution in [0.15, 0.2) is 30.3 Å². The molecule has 0 spiro atoms. The van der Waals surface area contributed by atoms with Gasteiger partial charge in [0.2, 0.25) is 0 Å². The van der Waals surface area contributed by atoms with Crippen molar-refractivity contribution in [2.75, 3.05) is 6.54 Å². The van der Waals surface area contributed by atoms with E-state index in [1.54, 1.807) is 0 Å². The predicted molar refractivity (Wildman–Crippen MR) is 76.4 cm³/mol. The SMILES string of the molecule is CC(C)(C)C(C)(C)CNCc1ccccc1.N. The van der Waals surface area contributed by atoms with Gasteiger partial charge in [0, 0.05) is 13.1 Å². The summed E-state index contributed by atoms with van der Waals surface area (Å²) in [7, 11) is 0. The molecule has 0 aliphatic rings. The van der Waals surface area contributed by atoms with E-state index in [2.05, 4.69) is 70.3 Å². The van der Waals surface area contributed by atoms with Crippen LogP contribution in [-0.2, 0) is 6.54 Å². The zero-order valence-corrected chi connectivity index (χ0v) is 12.0. The molecule has 1 rings (SSSR count). The van der Waals surface area contributed by atoms with Gasteiger partial charge in [0.25, 0.3) is 0 Å². The highest BCUT2D eigenvalue weighted by Gasteiger charge is 2.31. The predicted octanol–water partition coefficient (Wildman–Crippen LogP) is 4.01. The minimum atomic E-state index is 0. The van der Waals surface area contributed by atoms with E-state index in [-0.39, 0.29) is 6.15 Å². The Morgan fingerprint density at radius 3 is 1.94 bits per heavy atom. The van der Waals surface area contributed by atoms with Gasteiger partial charge in [0.05, 0.1) is 0 Å². The fourth-order valence-electron chi connectivity index (χ4n) is 1.38. The summed E-state index contributed by atoms with van der Waals surface area (Å²) in [6.07, 6.45) is 0. The van der Waals surface area contributed by atoms with Crippen molar-refractivity contribution in [3.63, 3.8) is 0 Å². The largest absolute Gasteiger partial charge is 0.344 e. The fourth-order valence-corrected chi connectivity index (χ4v) is 1.38. The van der Waals surface area contributed by atoms with Crippen molar-refractivity contribution in [1.29, 1.82) is 0 Å². The number of nitrogens with one attached hydrogen (secondary N) is 1. The van der Waals surface area contributed by atoms with Crippen molar-refractivity contribution in [2.45, 2.75) is 41.2 Å². The molecule has 4 N–H and O–H groups in total. The molecule has 0 saturated carbocycles. The monoisotopic (exact) mass is 236 g/mol. The minimum Gasteiger partial charge on any atom is -0.344 e. The summed E-state index contributed by atoms with van der Waals surface area (Å²) in [6, 6.07) is 10.6. The maximum Gasteiger partial charge on any atom is 0.0205 e. The third-order valence-corrected chi connectivity index (χ3v) is 3.77. The molecule has 0 aromatic heterocycles. The molecule has 17 heavy (non-hydrogen) atoms. The lowest BCUT2D eigenvalue weighted by Gasteiger charge is -2.39. The van der Waals surface area contributed by atoms with Gasteiger partial charge < -0.3 is 11.5 Å².